The van der Waals surface area contributed by atoms with E-state index >= 15 is 0 Å². The summed E-state index contributed by atoms with van der Waals surface area (Å²) in [7, 11) is 1.80. The molecule has 4 rings (SSSR count). The lowest BCUT2D eigenvalue weighted by Gasteiger charge is -2.26. The molecule has 0 unspecified atom stereocenters. The van der Waals surface area contributed by atoms with E-state index in [9.17, 15) is 14.4 Å². The SMILES string of the molecule is CCNC(=O)c1c(NC(=O)C2=CC=CNC2)[nH]c2cc(N(C)C(=O)C3CCCCC3)ccc12. The van der Waals surface area contributed by atoms with Crippen molar-refractivity contribution in [2.45, 2.75) is 39.0 Å². The van der Waals surface area contributed by atoms with E-state index in [4.69, 9.17) is 0 Å². The predicted molar refractivity (Wildman–Crippen MR) is 130 cm³/mol. The maximum atomic E-state index is 13.0. The number of carbonyl (C=O) groups excluding carboxylic acids is 3. The van der Waals surface area contributed by atoms with Gasteiger partial charge in [-0.25, -0.2) is 0 Å². The summed E-state index contributed by atoms with van der Waals surface area (Å²) in [6.45, 7) is 2.73. The van der Waals surface area contributed by atoms with E-state index in [1.165, 1.54) is 6.42 Å². The molecule has 1 aliphatic heterocycles. The van der Waals surface area contributed by atoms with Gasteiger partial charge in [0.1, 0.15) is 5.82 Å². The Labute approximate surface area is 193 Å². The first-order chi connectivity index (χ1) is 16.0. The van der Waals surface area contributed by atoms with Crippen LogP contribution in [0.5, 0.6) is 0 Å². The number of rotatable bonds is 6. The van der Waals surface area contributed by atoms with Gasteiger partial charge in [-0.3, -0.25) is 14.4 Å². The topological polar surface area (TPSA) is 106 Å². The van der Waals surface area contributed by atoms with Crippen LogP contribution in [0.4, 0.5) is 11.5 Å². The van der Waals surface area contributed by atoms with Gasteiger partial charge in [0.15, 0.2) is 0 Å². The van der Waals surface area contributed by atoms with Crippen LogP contribution >= 0.6 is 0 Å². The molecule has 1 aliphatic carbocycles. The molecular formula is C25H31N5O3. The van der Waals surface area contributed by atoms with E-state index in [0.29, 0.717) is 40.9 Å². The highest BCUT2D eigenvalue weighted by Gasteiger charge is 2.26. The number of amides is 3. The van der Waals surface area contributed by atoms with Gasteiger partial charge in [0.25, 0.3) is 11.8 Å². The molecule has 0 spiro atoms. The first kappa shape index (κ1) is 22.6. The van der Waals surface area contributed by atoms with E-state index in [-0.39, 0.29) is 23.6 Å². The molecule has 2 aromatic rings. The second-order valence-electron chi connectivity index (χ2n) is 8.58. The number of H-pyrrole nitrogens is 1. The minimum absolute atomic E-state index is 0.0651. The van der Waals surface area contributed by atoms with Gasteiger partial charge >= 0.3 is 0 Å². The van der Waals surface area contributed by atoms with Gasteiger partial charge in [0, 0.05) is 48.2 Å². The van der Waals surface area contributed by atoms with Crippen molar-refractivity contribution in [1.29, 1.82) is 0 Å². The molecular weight excluding hydrogens is 418 g/mol. The fraction of sp³-hybridized carbons (Fsp3) is 0.400. The van der Waals surface area contributed by atoms with Gasteiger partial charge in [-0.2, -0.15) is 0 Å². The molecule has 1 aromatic carbocycles. The average molecular weight is 450 g/mol. The van der Waals surface area contributed by atoms with Crippen molar-refractivity contribution in [2.75, 3.05) is 30.4 Å². The van der Waals surface area contributed by atoms with Crippen molar-refractivity contribution in [3.05, 3.63) is 47.7 Å². The van der Waals surface area contributed by atoms with Crippen molar-refractivity contribution < 1.29 is 14.4 Å². The molecule has 2 aliphatic rings. The number of hydrogen-bond acceptors (Lipinski definition) is 4. The number of anilines is 2. The highest BCUT2D eigenvalue weighted by molar-refractivity contribution is 6.16. The van der Waals surface area contributed by atoms with Crippen LogP contribution < -0.4 is 20.9 Å². The largest absolute Gasteiger partial charge is 0.387 e. The van der Waals surface area contributed by atoms with Crippen LogP contribution in [0, 0.1) is 5.92 Å². The van der Waals surface area contributed by atoms with Gasteiger partial charge in [0.2, 0.25) is 5.91 Å². The highest BCUT2D eigenvalue weighted by atomic mass is 16.2. The molecule has 2 heterocycles. The number of aromatic nitrogens is 1. The molecule has 1 fully saturated rings. The van der Waals surface area contributed by atoms with Crippen LogP contribution in [0.15, 0.2) is 42.1 Å². The predicted octanol–water partition coefficient (Wildman–Crippen LogP) is 3.44. The maximum Gasteiger partial charge on any atom is 0.255 e. The molecule has 1 saturated carbocycles. The van der Waals surface area contributed by atoms with Crippen molar-refractivity contribution >= 4 is 40.1 Å². The quantitative estimate of drug-likeness (QED) is 0.542. The minimum Gasteiger partial charge on any atom is -0.387 e. The smallest absolute Gasteiger partial charge is 0.255 e. The maximum absolute atomic E-state index is 13.0. The Morgan fingerprint density at radius 2 is 1.91 bits per heavy atom. The first-order valence-corrected chi connectivity index (χ1v) is 11.6. The summed E-state index contributed by atoms with van der Waals surface area (Å²) in [5.74, 6) is -0.0178. The van der Waals surface area contributed by atoms with E-state index < -0.39 is 0 Å². The van der Waals surface area contributed by atoms with Crippen LogP contribution in [-0.2, 0) is 9.59 Å². The summed E-state index contributed by atoms with van der Waals surface area (Å²) in [4.78, 5) is 43.5. The van der Waals surface area contributed by atoms with Crippen LogP contribution in [0.1, 0.15) is 49.4 Å². The van der Waals surface area contributed by atoms with Gasteiger partial charge < -0.3 is 25.8 Å². The molecule has 0 saturated heterocycles. The Hall–Kier alpha value is -3.55. The van der Waals surface area contributed by atoms with Gasteiger partial charge in [0.05, 0.1) is 5.56 Å². The summed E-state index contributed by atoms with van der Waals surface area (Å²) in [5.41, 5.74) is 2.39. The Balaban J connectivity index is 1.65. The molecule has 8 nitrogen and oxygen atoms in total. The number of allylic oxidation sites excluding steroid dienone is 2. The van der Waals surface area contributed by atoms with E-state index in [0.717, 1.165) is 31.4 Å². The van der Waals surface area contributed by atoms with Crippen LogP contribution in [0.2, 0.25) is 0 Å². The van der Waals surface area contributed by atoms with Crippen molar-refractivity contribution in [3.63, 3.8) is 0 Å². The highest BCUT2D eigenvalue weighted by Crippen LogP contribution is 2.32. The lowest BCUT2D eigenvalue weighted by molar-refractivity contribution is -0.123. The second kappa shape index (κ2) is 9.94. The number of aromatic amines is 1. The number of nitrogens with zero attached hydrogens (tertiary/aromatic N) is 1. The molecule has 0 atom stereocenters. The van der Waals surface area contributed by atoms with E-state index in [1.54, 1.807) is 30.3 Å². The number of dihydropyridines is 1. The van der Waals surface area contributed by atoms with Gasteiger partial charge in [-0.1, -0.05) is 25.3 Å². The van der Waals surface area contributed by atoms with E-state index in [1.807, 2.05) is 25.1 Å². The monoisotopic (exact) mass is 449 g/mol. The number of benzene rings is 1. The van der Waals surface area contributed by atoms with Crippen molar-refractivity contribution in [1.82, 2.24) is 15.6 Å². The van der Waals surface area contributed by atoms with Crippen LogP contribution in [0.3, 0.4) is 0 Å². The first-order valence-electron chi connectivity index (χ1n) is 11.6. The summed E-state index contributed by atoms with van der Waals surface area (Å²) in [5, 5.41) is 9.37. The molecule has 174 valence electrons. The lowest BCUT2D eigenvalue weighted by atomic mass is 9.88. The average Bonchev–Trinajstić information content (AvgIpc) is 3.21. The molecule has 8 heteroatoms. The van der Waals surface area contributed by atoms with E-state index in [2.05, 4.69) is 20.9 Å². The number of carbonyl (C=O) groups is 3. The molecule has 0 bridgehead atoms. The molecule has 3 amide bonds. The zero-order chi connectivity index (χ0) is 23.4. The standard InChI is InChI=1S/C25H31N5O3/c1-3-27-24(32)21-19-12-11-18(30(2)25(33)16-8-5-4-6-9-16)14-20(19)28-22(21)29-23(31)17-10-7-13-26-15-17/h7,10-14,16,26,28H,3-6,8-9,15H2,1-2H3,(H,27,32)(H,29,31). The lowest BCUT2D eigenvalue weighted by Crippen LogP contribution is -2.33. The van der Waals surface area contributed by atoms with Crippen molar-refractivity contribution in [2.24, 2.45) is 5.92 Å². The van der Waals surface area contributed by atoms with Crippen LogP contribution in [-0.4, -0.2) is 42.8 Å². The van der Waals surface area contributed by atoms with Gasteiger partial charge in [-0.15, -0.1) is 0 Å². The minimum atomic E-state index is -0.284. The van der Waals surface area contributed by atoms with Gasteiger partial charge in [-0.05, 0) is 50.2 Å². The molecule has 4 N–H and O–H groups in total. The summed E-state index contributed by atoms with van der Waals surface area (Å²) in [6, 6.07) is 5.54. The number of hydrogen-bond donors (Lipinski definition) is 4. The number of nitrogens with one attached hydrogen (secondary N) is 4. The zero-order valence-corrected chi connectivity index (χ0v) is 19.2. The third kappa shape index (κ3) is 4.79. The zero-order valence-electron chi connectivity index (χ0n) is 19.2. The van der Waals surface area contributed by atoms with Crippen molar-refractivity contribution in [3.8, 4) is 0 Å². The second-order valence-corrected chi connectivity index (χ2v) is 8.58. The Morgan fingerprint density at radius 1 is 1.12 bits per heavy atom. The molecule has 1 aromatic heterocycles. The number of fused-ring (bicyclic) bond motifs is 1. The Morgan fingerprint density at radius 3 is 2.61 bits per heavy atom. The summed E-state index contributed by atoms with van der Waals surface area (Å²) >= 11 is 0. The summed E-state index contributed by atoms with van der Waals surface area (Å²) < 4.78 is 0. The molecule has 0 radical (unpaired) electrons. The normalized spacial score (nSPS) is 16.1. The fourth-order valence-corrected chi connectivity index (χ4v) is 4.53. The molecule has 33 heavy (non-hydrogen) atoms. The fourth-order valence-electron chi connectivity index (χ4n) is 4.53. The summed E-state index contributed by atoms with van der Waals surface area (Å²) in [6.07, 6.45) is 10.5. The third-order valence-electron chi connectivity index (χ3n) is 6.35. The third-order valence-corrected chi connectivity index (χ3v) is 6.35. The Kier molecular flexibility index (Phi) is 6.82. The Bertz CT molecular complexity index is 1120. The van der Waals surface area contributed by atoms with Crippen LogP contribution in [0.25, 0.3) is 10.9 Å².